The van der Waals surface area contributed by atoms with Crippen molar-refractivity contribution in [2.75, 3.05) is 25.0 Å². The van der Waals surface area contributed by atoms with Gasteiger partial charge in [0.1, 0.15) is 11.5 Å². The number of unbranched alkanes of at least 4 members (excludes halogenated alkanes) is 10. The summed E-state index contributed by atoms with van der Waals surface area (Å²) < 4.78 is 19.5. The van der Waals surface area contributed by atoms with Gasteiger partial charge in [0.2, 0.25) is 0 Å². The highest BCUT2D eigenvalue weighted by Gasteiger charge is 2.39. The van der Waals surface area contributed by atoms with Crippen LogP contribution in [0, 0.1) is 5.92 Å². The number of nitrogens with one attached hydrogen (secondary N) is 2. The molecule has 3 N–H and O–H groups in total. The third kappa shape index (κ3) is 14.9. The Hall–Kier alpha value is -4.21. The van der Waals surface area contributed by atoms with Crippen LogP contribution in [0.1, 0.15) is 132 Å². The molecule has 57 heavy (non-hydrogen) atoms. The van der Waals surface area contributed by atoms with Crippen molar-refractivity contribution in [2.45, 2.75) is 129 Å². The maximum absolute atomic E-state index is 12.8. The number of hydrogen-bond donors (Lipinski definition) is 3. The van der Waals surface area contributed by atoms with Crippen LogP contribution in [0.4, 0.5) is 10.5 Å². The van der Waals surface area contributed by atoms with Crippen molar-refractivity contribution in [1.82, 2.24) is 10.2 Å². The van der Waals surface area contributed by atoms with Crippen molar-refractivity contribution >= 4 is 11.7 Å². The van der Waals surface area contributed by atoms with Gasteiger partial charge in [-0.3, -0.25) is 0 Å². The molecule has 1 heterocycles. The van der Waals surface area contributed by atoms with Crippen LogP contribution in [0.5, 0.6) is 11.5 Å². The number of nitrogens with zero attached hydrogens (tertiary/aromatic N) is 1. The molecule has 0 spiro atoms. The summed E-state index contributed by atoms with van der Waals surface area (Å²) in [6.07, 6.45) is 14.8. The lowest BCUT2D eigenvalue weighted by Crippen LogP contribution is -2.45. The van der Waals surface area contributed by atoms with Crippen LogP contribution < -0.4 is 15.4 Å². The first-order valence-electron chi connectivity index (χ1n) is 21.6. The summed E-state index contributed by atoms with van der Waals surface area (Å²) in [4.78, 5) is 15.4. The van der Waals surface area contributed by atoms with Gasteiger partial charge in [-0.2, -0.15) is 0 Å². The molecule has 4 aromatic carbocycles. The molecule has 5 rings (SSSR count). The van der Waals surface area contributed by atoms with Gasteiger partial charge in [-0.15, -0.1) is 0 Å². The number of amides is 2. The smallest absolute Gasteiger partial charge is 0.319 e. The predicted molar refractivity (Wildman–Crippen MR) is 231 cm³/mol. The average molecular weight is 778 g/mol. The fourth-order valence-electron chi connectivity index (χ4n) is 7.49. The van der Waals surface area contributed by atoms with Crippen molar-refractivity contribution in [3.8, 4) is 11.5 Å². The van der Waals surface area contributed by atoms with Gasteiger partial charge in [0.15, 0.2) is 6.29 Å². The zero-order valence-electron chi connectivity index (χ0n) is 34.7. The highest BCUT2D eigenvalue weighted by Crippen LogP contribution is 2.42. The third-order valence-electron chi connectivity index (χ3n) is 11.0. The molecule has 308 valence electrons. The average Bonchev–Trinajstić information content (AvgIpc) is 3.24. The zero-order valence-corrected chi connectivity index (χ0v) is 34.7. The summed E-state index contributed by atoms with van der Waals surface area (Å²) in [7, 11) is 0. The van der Waals surface area contributed by atoms with E-state index in [2.05, 4.69) is 48.4 Å². The van der Waals surface area contributed by atoms with Gasteiger partial charge in [0, 0.05) is 30.3 Å². The van der Waals surface area contributed by atoms with Crippen LogP contribution in [0.25, 0.3) is 0 Å². The number of rotatable bonds is 24. The van der Waals surface area contributed by atoms with Crippen LogP contribution in [0.2, 0.25) is 0 Å². The van der Waals surface area contributed by atoms with Crippen molar-refractivity contribution in [3.05, 3.63) is 125 Å². The number of carbonyl (C=O) groups is 1. The Morgan fingerprint density at radius 1 is 0.667 bits per heavy atom. The molecule has 1 fully saturated rings. The third-order valence-corrected chi connectivity index (χ3v) is 11.0. The molecule has 0 radical (unpaired) electrons. The number of aliphatic hydroxyl groups excluding tert-OH is 1. The number of urea groups is 1. The Labute approximate surface area is 342 Å². The van der Waals surface area contributed by atoms with Crippen LogP contribution in [-0.4, -0.2) is 41.8 Å². The fourth-order valence-corrected chi connectivity index (χ4v) is 7.49. The van der Waals surface area contributed by atoms with E-state index in [0.29, 0.717) is 18.0 Å². The fraction of sp³-hybridized carbons (Fsp3) is 0.490. The van der Waals surface area contributed by atoms with E-state index in [1.807, 2.05) is 91.0 Å². The molecule has 1 aliphatic heterocycles. The van der Waals surface area contributed by atoms with Gasteiger partial charge in [0.25, 0.3) is 0 Å². The topological polar surface area (TPSA) is 92.3 Å². The normalized spacial score (nSPS) is 18.1. The number of aliphatic hydroxyl groups is 1. The molecule has 4 aromatic rings. The molecule has 1 aliphatic rings. The lowest BCUT2D eigenvalue weighted by molar-refractivity contribution is -0.276. The quantitative estimate of drug-likeness (QED) is 0.0614. The summed E-state index contributed by atoms with van der Waals surface area (Å²) in [6.45, 7) is 10.3. The molecule has 8 heteroatoms. The first-order valence-corrected chi connectivity index (χ1v) is 21.6. The minimum atomic E-state index is -0.530. The van der Waals surface area contributed by atoms with Gasteiger partial charge < -0.3 is 34.9 Å². The predicted octanol–water partition coefficient (Wildman–Crippen LogP) is 12.1. The number of carbonyl (C=O) groups excluding carboxylic acids is 1. The van der Waals surface area contributed by atoms with Crippen molar-refractivity contribution in [1.29, 1.82) is 0 Å². The van der Waals surface area contributed by atoms with E-state index in [-0.39, 0.29) is 30.8 Å². The minimum absolute atomic E-state index is 0.0160. The molecule has 4 atom stereocenters. The monoisotopic (exact) mass is 778 g/mol. The second-order valence-corrected chi connectivity index (χ2v) is 15.6. The van der Waals surface area contributed by atoms with Crippen LogP contribution >= 0.6 is 0 Å². The number of ether oxygens (including phenoxy) is 3. The van der Waals surface area contributed by atoms with Gasteiger partial charge in [-0.1, -0.05) is 152 Å². The summed E-state index contributed by atoms with van der Waals surface area (Å²) in [5, 5.41) is 15.6. The molecule has 2 amide bonds. The van der Waals surface area contributed by atoms with Gasteiger partial charge in [-0.25, -0.2) is 4.79 Å². The Kier molecular flexibility index (Phi) is 18.9. The number of benzene rings is 4. The number of anilines is 1. The van der Waals surface area contributed by atoms with E-state index < -0.39 is 6.29 Å². The van der Waals surface area contributed by atoms with Crippen LogP contribution in [0.15, 0.2) is 103 Å². The SMILES string of the molecule is CCCCCCCCN(CCCCCCCC)C[C@@H]1O[C@H](c2ccc(CNC(=O)Nc3ccc(Oc4ccccc4)cc3)cc2)O[C@H](c2ccc(CO)cc2)[C@@H]1C. The number of hydrogen-bond acceptors (Lipinski definition) is 6. The molecular formula is C49H67N3O5. The van der Waals surface area contributed by atoms with Crippen LogP contribution in [0.3, 0.4) is 0 Å². The Morgan fingerprint density at radius 2 is 1.23 bits per heavy atom. The minimum Gasteiger partial charge on any atom is -0.457 e. The van der Waals surface area contributed by atoms with E-state index in [1.54, 1.807) is 0 Å². The maximum Gasteiger partial charge on any atom is 0.319 e. The molecule has 8 nitrogen and oxygen atoms in total. The van der Waals surface area contributed by atoms with Gasteiger partial charge in [-0.05, 0) is 79.0 Å². The van der Waals surface area contributed by atoms with E-state index in [1.165, 1.54) is 77.0 Å². The molecule has 0 bridgehead atoms. The Bertz CT molecular complexity index is 1670. The first-order chi connectivity index (χ1) is 27.9. The molecular weight excluding hydrogens is 711 g/mol. The molecule has 0 saturated carbocycles. The molecule has 1 saturated heterocycles. The first kappa shape index (κ1) is 43.9. The van der Waals surface area contributed by atoms with Crippen molar-refractivity contribution in [3.63, 3.8) is 0 Å². The van der Waals surface area contributed by atoms with E-state index in [0.717, 1.165) is 47.6 Å². The van der Waals surface area contributed by atoms with Gasteiger partial charge >= 0.3 is 6.03 Å². The van der Waals surface area contributed by atoms with E-state index in [9.17, 15) is 9.90 Å². The summed E-state index contributed by atoms with van der Waals surface area (Å²) in [6, 6.07) is 32.9. The van der Waals surface area contributed by atoms with Crippen molar-refractivity contribution < 1.29 is 24.1 Å². The lowest BCUT2D eigenvalue weighted by atomic mass is 9.90. The highest BCUT2D eigenvalue weighted by molar-refractivity contribution is 5.89. The number of para-hydroxylation sites is 1. The zero-order chi connectivity index (χ0) is 40.1. The second kappa shape index (κ2) is 24.5. The highest BCUT2D eigenvalue weighted by atomic mass is 16.7. The summed E-state index contributed by atoms with van der Waals surface area (Å²) >= 11 is 0. The van der Waals surface area contributed by atoms with Crippen LogP contribution in [-0.2, 0) is 22.6 Å². The second-order valence-electron chi connectivity index (χ2n) is 15.6. The largest absolute Gasteiger partial charge is 0.457 e. The standard InChI is InChI=1S/C49H67N3O5/c1-4-6-8-10-12-17-33-52(34-18-13-11-9-7-5-2)36-46-38(3)47(41-25-23-40(37-53)24-26-41)57-48(56-46)42-27-21-39(22-28-42)35-50-49(54)51-43-29-31-45(32-30-43)55-44-19-15-14-16-20-44/h14-16,19-32,38,46-48,53H,4-13,17-18,33-37H2,1-3H3,(H2,50,51,54)/t38-,46+,47+,48+/m1/s1. The molecule has 0 aliphatic carbocycles. The van der Waals surface area contributed by atoms with E-state index in [4.69, 9.17) is 14.2 Å². The lowest BCUT2D eigenvalue weighted by Gasteiger charge is -2.43. The Balaban J connectivity index is 1.21. The maximum atomic E-state index is 12.8. The van der Waals surface area contributed by atoms with E-state index >= 15 is 0 Å². The van der Waals surface area contributed by atoms with Crippen molar-refractivity contribution in [2.24, 2.45) is 5.92 Å². The molecule has 0 aromatic heterocycles. The van der Waals surface area contributed by atoms with Gasteiger partial charge in [0.05, 0.1) is 18.8 Å². The molecule has 0 unspecified atom stereocenters. The Morgan fingerprint density at radius 3 is 1.84 bits per heavy atom. The summed E-state index contributed by atoms with van der Waals surface area (Å²) in [5.74, 6) is 1.59. The summed E-state index contributed by atoms with van der Waals surface area (Å²) in [5.41, 5.74) is 4.59.